The molecule has 0 amide bonds. The minimum absolute atomic E-state index is 0.420. The summed E-state index contributed by atoms with van der Waals surface area (Å²) in [6, 6.07) is 3.64. The Labute approximate surface area is 117 Å². The second-order valence-electron chi connectivity index (χ2n) is 4.44. The molecule has 1 rings (SSSR count). The summed E-state index contributed by atoms with van der Waals surface area (Å²) in [6.45, 7) is 5.97. The number of hydrogen-bond acceptors (Lipinski definition) is 3. The molecule has 0 heterocycles. The first-order valence-corrected chi connectivity index (χ1v) is 8.05. The fourth-order valence-corrected chi connectivity index (χ4v) is 2.93. The normalized spacial score (nSPS) is 13.4. The molecule has 0 bridgehead atoms. The first-order chi connectivity index (χ1) is 8.27. The molecule has 1 aromatic rings. The van der Waals surface area contributed by atoms with Crippen molar-refractivity contribution in [3.63, 3.8) is 0 Å². The Kier molecular flexibility index (Phi) is 5.19. The van der Waals surface area contributed by atoms with Crippen LogP contribution in [0.2, 0.25) is 0 Å². The summed E-state index contributed by atoms with van der Waals surface area (Å²) in [4.78, 5) is 0. The van der Waals surface area contributed by atoms with E-state index in [1.807, 2.05) is 26.0 Å². The number of anilines is 1. The average molecular weight is 335 g/mol. The Morgan fingerprint density at radius 1 is 1.28 bits per heavy atom. The monoisotopic (exact) mass is 334 g/mol. The van der Waals surface area contributed by atoms with Crippen LogP contribution >= 0.6 is 15.9 Å². The molecule has 1 atom stereocenters. The van der Waals surface area contributed by atoms with Crippen molar-refractivity contribution < 1.29 is 8.42 Å². The van der Waals surface area contributed by atoms with Gasteiger partial charge >= 0.3 is 0 Å². The molecule has 102 valence electrons. The topological polar surface area (TPSA) is 58.2 Å². The van der Waals surface area contributed by atoms with Crippen LogP contribution in [0.15, 0.2) is 16.6 Å². The summed E-state index contributed by atoms with van der Waals surface area (Å²) in [7, 11) is -1.61. The predicted molar refractivity (Wildman–Crippen MR) is 79.5 cm³/mol. The molecular weight excluding hydrogens is 316 g/mol. The van der Waals surface area contributed by atoms with Gasteiger partial charge in [-0.3, -0.25) is 4.72 Å². The van der Waals surface area contributed by atoms with Crippen molar-refractivity contribution in [1.82, 2.24) is 5.32 Å². The highest BCUT2D eigenvalue weighted by Gasteiger charge is 2.20. The van der Waals surface area contributed by atoms with E-state index in [1.54, 1.807) is 14.0 Å². The molecule has 0 saturated carbocycles. The number of hydrogen-bond donors (Lipinski definition) is 2. The number of halogens is 1. The van der Waals surface area contributed by atoms with Crippen molar-refractivity contribution in [1.29, 1.82) is 0 Å². The molecule has 0 radical (unpaired) electrons. The summed E-state index contributed by atoms with van der Waals surface area (Å²) < 4.78 is 27.7. The maximum absolute atomic E-state index is 12.0. The van der Waals surface area contributed by atoms with Gasteiger partial charge in [0, 0.05) is 16.7 Å². The minimum atomic E-state index is -3.35. The molecule has 18 heavy (non-hydrogen) atoms. The quantitative estimate of drug-likeness (QED) is 0.869. The van der Waals surface area contributed by atoms with Crippen LogP contribution < -0.4 is 10.0 Å². The summed E-state index contributed by atoms with van der Waals surface area (Å²) in [5, 5.41) is 2.38. The van der Waals surface area contributed by atoms with Gasteiger partial charge in [-0.15, -0.1) is 0 Å². The van der Waals surface area contributed by atoms with Gasteiger partial charge in [0.15, 0.2) is 0 Å². The van der Waals surface area contributed by atoms with Gasteiger partial charge in [0.2, 0.25) is 10.0 Å². The van der Waals surface area contributed by atoms with Crippen molar-refractivity contribution in [2.45, 2.75) is 26.0 Å². The lowest BCUT2D eigenvalue weighted by Crippen LogP contribution is -2.33. The van der Waals surface area contributed by atoms with Crippen molar-refractivity contribution >= 4 is 31.6 Å². The third kappa shape index (κ3) is 3.70. The van der Waals surface area contributed by atoms with E-state index in [2.05, 4.69) is 26.0 Å². The van der Waals surface area contributed by atoms with Gasteiger partial charge in [0.1, 0.15) is 0 Å². The van der Waals surface area contributed by atoms with Crippen molar-refractivity contribution in [2.75, 3.05) is 18.3 Å². The van der Waals surface area contributed by atoms with Crippen LogP contribution in [0.4, 0.5) is 5.69 Å². The highest BCUT2D eigenvalue weighted by atomic mass is 79.9. The van der Waals surface area contributed by atoms with E-state index in [0.29, 0.717) is 12.2 Å². The van der Waals surface area contributed by atoms with E-state index in [9.17, 15) is 8.42 Å². The van der Waals surface area contributed by atoms with Crippen LogP contribution in [-0.2, 0) is 10.0 Å². The zero-order chi connectivity index (χ0) is 13.9. The van der Waals surface area contributed by atoms with E-state index in [4.69, 9.17) is 0 Å². The highest BCUT2D eigenvalue weighted by Crippen LogP contribution is 2.25. The van der Waals surface area contributed by atoms with Crippen LogP contribution in [0.1, 0.15) is 18.1 Å². The largest absolute Gasteiger partial charge is 0.318 e. The van der Waals surface area contributed by atoms with Crippen LogP contribution in [-0.4, -0.2) is 27.3 Å². The van der Waals surface area contributed by atoms with Crippen LogP contribution in [0.5, 0.6) is 0 Å². The first-order valence-electron chi connectivity index (χ1n) is 5.71. The van der Waals surface area contributed by atoms with Crippen molar-refractivity contribution in [3.8, 4) is 0 Å². The Bertz CT molecular complexity index is 506. The number of nitrogens with one attached hydrogen (secondary N) is 2. The summed E-state index contributed by atoms with van der Waals surface area (Å²) in [5.41, 5.74) is 2.62. The van der Waals surface area contributed by atoms with Crippen LogP contribution in [0.3, 0.4) is 0 Å². The molecule has 0 aliphatic carbocycles. The number of rotatable bonds is 5. The average Bonchev–Trinajstić information content (AvgIpc) is 2.25. The lowest BCUT2D eigenvalue weighted by Gasteiger charge is -2.15. The Morgan fingerprint density at radius 2 is 1.78 bits per heavy atom. The van der Waals surface area contributed by atoms with E-state index < -0.39 is 15.3 Å². The van der Waals surface area contributed by atoms with Crippen LogP contribution in [0.25, 0.3) is 0 Å². The van der Waals surface area contributed by atoms with Gasteiger partial charge in [0.05, 0.1) is 5.25 Å². The maximum Gasteiger partial charge on any atom is 0.236 e. The molecule has 0 aromatic heterocycles. The van der Waals surface area contributed by atoms with E-state index >= 15 is 0 Å². The molecule has 6 heteroatoms. The van der Waals surface area contributed by atoms with Gasteiger partial charge in [-0.2, -0.15) is 0 Å². The maximum atomic E-state index is 12.0. The molecule has 1 aromatic carbocycles. The second-order valence-corrected chi connectivity index (χ2v) is 7.33. The standard InChI is InChI=1S/C12H19BrN2O2S/c1-8-5-11(6-9(2)12(8)13)15-18(16,17)10(3)7-14-4/h5-6,10,14-15H,7H2,1-4H3. The van der Waals surface area contributed by atoms with Gasteiger partial charge in [-0.25, -0.2) is 8.42 Å². The van der Waals surface area contributed by atoms with Crippen molar-refractivity contribution in [3.05, 3.63) is 27.7 Å². The molecule has 0 fully saturated rings. The third-order valence-electron chi connectivity index (χ3n) is 2.72. The lowest BCUT2D eigenvalue weighted by molar-refractivity contribution is 0.584. The molecule has 1 unspecified atom stereocenters. The molecule has 0 saturated heterocycles. The van der Waals surface area contributed by atoms with Crippen molar-refractivity contribution in [2.24, 2.45) is 0 Å². The van der Waals surface area contributed by atoms with Gasteiger partial charge in [0.25, 0.3) is 0 Å². The van der Waals surface area contributed by atoms with E-state index in [1.165, 1.54) is 0 Å². The summed E-state index contributed by atoms with van der Waals surface area (Å²) in [6.07, 6.45) is 0. The zero-order valence-electron chi connectivity index (χ0n) is 11.0. The fourth-order valence-electron chi connectivity index (χ4n) is 1.67. The third-order valence-corrected chi connectivity index (χ3v) is 5.72. The predicted octanol–water partition coefficient (Wildman–Crippen LogP) is 2.42. The smallest absolute Gasteiger partial charge is 0.236 e. The van der Waals surface area contributed by atoms with Gasteiger partial charge in [-0.05, 0) is 51.1 Å². The molecule has 2 N–H and O–H groups in total. The Balaban J connectivity index is 2.98. The lowest BCUT2D eigenvalue weighted by atomic mass is 10.1. The molecular formula is C12H19BrN2O2S. The minimum Gasteiger partial charge on any atom is -0.318 e. The number of aryl methyl sites for hydroxylation is 2. The second kappa shape index (κ2) is 6.04. The SMILES string of the molecule is CNCC(C)S(=O)(=O)Nc1cc(C)c(Br)c(C)c1. The Morgan fingerprint density at radius 3 is 2.22 bits per heavy atom. The Hall–Kier alpha value is -0.590. The molecule has 4 nitrogen and oxygen atoms in total. The van der Waals surface area contributed by atoms with Gasteiger partial charge < -0.3 is 5.32 Å². The molecule has 0 aliphatic rings. The van der Waals surface area contributed by atoms with E-state index in [-0.39, 0.29) is 0 Å². The fraction of sp³-hybridized carbons (Fsp3) is 0.500. The highest BCUT2D eigenvalue weighted by molar-refractivity contribution is 9.10. The summed E-state index contributed by atoms with van der Waals surface area (Å²) in [5.74, 6) is 0. The number of sulfonamides is 1. The number of benzene rings is 1. The molecule has 0 aliphatic heterocycles. The van der Waals surface area contributed by atoms with E-state index in [0.717, 1.165) is 15.6 Å². The first kappa shape index (κ1) is 15.5. The zero-order valence-corrected chi connectivity index (χ0v) is 13.4. The van der Waals surface area contributed by atoms with Crippen LogP contribution in [0, 0.1) is 13.8 Å². The molecule has 0 spiro atoms. The van der Waals surface area contributed by atoms with Gasteiger partial charge in [-0.1, -0.05) is 15.9 Å². The summed E-state index contributed by atoms with van der Waals surface area (Å²) >= 11 is 3.46.